The van der Waals surface area contributed by atoms with Gasteiger partial charge in [-0.15, -0.1) is 0 Å². The molecule has 4 nitrogen and oxygen atoms in total. The van der Waals surface area contributed by atoms with E-state index in [0.29, 0.717) is 18.6 Å². The molecule has 1 heterocycles. The number of aliphatic hydroxyl groups is 1. The molecule has 0 bridgehead atoms. The standard InChI is InChI=1S/C11H21N3O/c1-10-8-13(5-3-7-15)9-11(2)14(10)6-4-12/h10-11,15H,3,5-9H2,1-2H3/t10-,11+. The predicted octanol–water partition coefficient (Wildman–Crippen LogP) is 0.287. The summed E-state index contributed by atoms with van der Waals surface area (Å²) in [5, 5.41) is 17.5. The molecule has 1 fully saturated rings. The molecule has 0 saturated carbocycles. The van der Waals surface area contributed by atoms with Crippen molar-refractivity contribution in [2.24, 2.45) is 0 Å². The zero-order valence-electron chi connectivity index (χ0n) is 9.69. The molecule has 1 aliphatic heterocycles. The van der Waals surface area contributed by atoms with E-state index in [1.807, 2.05) is 0 Å². The highest BCUT2D eigenvalue weighted by molar-refractivity contribution is 4.89. The van der Waals surface area contributed by atoms with Crippen molar-refractivity contribution in [3.05, 3.63) is 0 Å². The second-order valence-electron chi connectivity index (χ2n) is 4.37. The highest BCUT2D eigenvalue weighted by Gasteiger charge is 2.28. The number of hydrogen-bond acceptors (Lipinski definition) is 4. The van der Waals surface area contributed by atoms with Gasteiger partial charge in [-0.3, -0.25) is 4.90 Å². The summed E-state index contributed by atoms with van der Waals surface area (Å²) < 4.78 is 0. The Morgan fingerprint density at radius 1 is 1.33 bits per heavy atom. The molecule has 2 atom stereocenters. The molecule has 1 rings (SSSR count). The van der Waals surface area contributed by atoms with Gasteiger partial charge in [0.25, 0.3) is 0 Å². The third kappa shape index (κ3) is 3.45. The molecule has 0 amide bonds. The van der Waals surface area contributed by atoms with Crippen LogP contribution in [-0.4, -0.2) is 59.8 Å². The zero-order valence-corrected chi connectivity index (χ0v) is 9.69. The van der Waals surface area contributed by atoms with Crippen LogP contribution in [0.5, 0.6) is 0 Å². The number of aliphatic hydroxyl groups excluding tert-OH is 1. The van der Waals surface area contributed by atoms with E-state index < -0.39 is 0 Å². The van der Waals surface area contributed by atoms with Gasteiger partial charge in [-0.2, -0.15) is 5.26 Å². The quantitative estimate of drug-likeness (QED) is 0.679. The van der Waals surface area contributed by atoms with Crippen LogP contribution in [0.25, 0.3) is 0 Å². The summed E-state index contributed by atoms with van der Waals surface area (Å²) in [6.07, 6.45) is 0.845. The smallest absolute Gasteiger partial charge is 0.0871 e. The van der Waals surface area contributed by atoms with E-state index >= 15 is 0 Å². The van der Waals surface area contributed by atoms with Gasteiger partial charge in [-0.05, 0) is 20.3 Å². The molecule has 0 aromatic carbocycles. The Morgan fingerprint density at radius 2 is 1.93 bits per heavy atom. The first-order chi connectivity index (χ1) is 7.19. The summed E-state index contributed by atoms with van der Waals surface area (Å²) in [6.45, 7) is 8.10. The lowest BCUT2D eigenvalue weighted by Crippen LogP contribution is -2.56. The number of rotatable bonds is 4. The fourth-order valence-electron chi connectivity index (χ4n) is 2.34. The first-order valence-corrected chi connectivity index (χ1v) is 5.65. The van der Waals surface area contributed by atoms with Gasteiger partial charge in [-0.1, -0.05) is 0 Å². The van der Waals surface area contributed by atoms with Gasteiger partial charge in [0.1, 0.15) is 0 Å². The van der Waals surface area contributed by atoms with Gasteiger partial charge in [0.15, 0.2) is 0 Å². The molecule has 1 aliphatic rings. The van der Waals surface area contributed by atoms with Crippen LogP contribution in [0.1, 0.15) is 20.3 Å². The highest BCUT2D eigenvalue weighted by atomic mass is 16.3. The number of nitriles is 1. The van der Waals surface area contributed by atoms with Crippen LogP contribution in [0.2, 0.25) is 0 Å². The largest absolute Gasteiger partial charge is 0.396 e. The lowest BCUT2D eigenvalue weighted by Gasteiger charge is -2.43. The third-order valence-electron chi connectivity index (χ3n) is 3.06. The molecule has 0 radical (unpaired) electrons. The Hall–Kier alpha value is -0.630. The molecule has 4 heteroatoms. The van der Waals surface area contributed by atoms with Crippen molar-refractivity contribution in [3.63, 3.8) is 0 Å². The fourth-order valence-corrected chi connectivity index (χ4v) is 2.34. The summed E-state index contributed by atoms with van der Waals surface area (Å²) in [5.41, 5.74) is 0. The molecule has 15 heavy (non-hydrogen) atoms. The third-order valence-corrected chi connectivity index (χ3v) is 3.06. The minimum absolute atomic E-state index is 0.265. The predicted molar refractivity (Wildman–Crippen MR) is 59.4 cm³/mol. The van der Waals surface area contributed by atoms with E-state index in [9.17, 15) is 0 Å². The molecule has 86 valence electrons. The molecule has 0 aromatic rings. The van der Waals surface area contributed by atoms with Gasteiger partial charge in [0.2, 0.25) is 0 Å². The maximum Gasteiger partial charge on any atom is 0.0871 e. The van der Waals surface area contributed by atoms with Crippen LogP contribution in [0.3, 0.4) is 0 Å². The van der Waals surface area contributed by atoms with E-state index in [0.717, 1.165) is 26.1 Å². The number of hydrogen-bond donors (Lipinski definition) is 1. The highest BCUT2D eigenvalue weighted by Crippen LogP contribution is 2.14. The monoisotopic (exact) mass is 211 g/mol. The van der Waals surface area contributed by atoms with E-state index in [2.05, 4.69) is 29.7 Å². The van der Waals surface area contributed by atoms with Crippen molar-refractivity contribution >= 4 is 0 Å². The molecular formula is C11H21N3O. The van der Waals surface area contributed by atoms with Crippen molar-refractivity contribution in [1.82, 2.24) is 9.80 Å². The van der Waals surface area contributed by atoms with E-state index in [4.69, 9.17) is 10.4 Å². The van der Waals surface area contributed by atoms with Crippen molar-refractivity contribution in [1.29, 1.82) is 5.26 Å². The topological polar surface area (TPSA) is 50.5 Å². The van der Waals surface area contributed by atoms with Gasteiger partial charge in [0, 0.05) is 38.3 Å². The molecular weight excluding hydrogens is 190 g/mol. The fraction of sp³-hybridized carbons (Fsp3) is 0.909. The zero-order chi connectivity index (χ0) is 11.3. The normalized spacial score (nSPS) is 28.9. The average molecular weight is 211 g/mol. The lowest BCUT2D eigenvalue weighted by atomic mass is 10.1. The van der Waals surface area contributed by atoms with Gasteiger partial charge < -0.3 is 10.0 Å². The Morgan fingerprint density at radius 3 is 2.40 bits per heavy atom. The molecule has 0 unspecified atom stereocenters. The van der Waals surface area contributed by atoms with Gasteiger partial charge in [-0.25, -0.2) is 0 Å². The van der Waals surface area contributed by atoms with Gasteiger partial charge in [0.05, 0.1) is 12.6 Å². The van der Waals surface area contributed by atoms with E-state index in [1.54, 1.807) is 0 Å². The van der Waals surface area contributed by atoms with Crippen molar-refractivity contribution in [2.75, 3.05) is 32.8 Å². The second-order valence-corrected chi connectivity index (χ2v) is 4.37. The first-order valence-electron chi connectivity index (χ1n) is 5.65. The van der Waals surface area contributed by atoms with Crippen LogP contribution in [0, 0.1) is 11.3 Å². The molecule has 1 N–H and O–H groups in total. The van der Waals surface area contributed by atoms with Crippen LogP contribution < -0.4 is 0 Å². The van der Waals surface area contributed by atoms with Crippen LogP contribution in [0.15, 0.2) is 0 Å². The average Bonchev–Trinajstić information content (AvgIpc) is 2.20. The van der Waals surface area contributed by atoms with Crippen molar-refractivity contribution < 1.29 is 5.11 Å². The first kappa shape index (κ1) is 12.4. The van der Waals surface area contributed by atoms with Crippen molar-refractivity contribution in [2.45, 2.75) is 32.4 Å². The minimum atomic E-state index is 0.265. The lowest BCUT2D eigenvalue weighted by molar-refractivity contribution is 0.0463. The minimum Gasteiger partial charge on any atom is -0.396 e. The van der Waals surface area contributed by atoms with E-state index in [-0.39, 0.29) is 6.61 Å². The number of piperazine rings is 1. The Kier molecular flexibility index (Phi) is 5.03. The number of nitrogens with zero attached hydrogens (tertiary/aromatic N) is 3. The second kappa shape index (κ2) is 6.06. The summed E-state index contributed by atoms with van der Waals surface area (Å²) in [5.74, 6) is 0. The van der Waals surface area contributed by atoms with Gasteiger partial charge >= 0.3 is 0 Å². The Bertz CT molecular complexity index is 214. The molecule has 0 spiro atoms. The van der Waals surface area contributed by atoms with Crippen molar-refractivity contribution in [3.8, 4) is 6.07 Å². The Balaban J connectivity index is 2.44. The molecule has 0 aliphatic carbocycles. The summed E-state index contributed by atoms with van der Waals surface area (Å²) in [6, 6.07) is 3.10. The molecule has 0 aromatic heterocycles. The summed E-state index contributed by atoms with van der Waals surface area (Å²) >= 11 is 0. The molecule has 1 saturated heterocycles. The van der Waals surface area contributed by atoms with Crippen LogP contribution in [-0.2, 0) is 0 Å². The maximum atomic E-state index is 8.78. The van der Waals surface area contributed by atoms with E-state index in [1.165, 1.54) is 0 Å². The maximum absolute atomic E-state index is 8.78. The summed E-state index contributed by atoms with van der Waals surface area (Å²) in [7, 11) is 0. The SMILES string of the molecule is C[C@@H]1CN(CCCO)C[C@H](C)N1CC#N. The van der Waals surface area contributed by atoms with Crippen LogP contribution in [0.4, 0.5) is 0 Å². The summed E-state index contributed by atoms with van der Waals surface area (Å²) in [4.78, 5) is 4.62. The van der Waals surface area contributed by atoms with Crippen LogP contribution >= 0.6 is 0 Å². The Labute approximate surface area is 92.1 Å².